The van der Waals surface area contributed by atoms with Crippen molar-refractivity contribution in [2.45, 2.75) is 0 Å². The summed E-state index contributed by atoms with van der Waals surface area (Å²) in [5.41, 5.74) is 0. The second-order valence-corrected chi connectivity index (χ2v) is 2.53. The lowest BCUT2D eigenvalue weighted by atomic mass is 10.3. The zero-order chi connectivity index (χ0) is 9.64. The number of aromatic nitrogens is 1. The molecule has 0 saturated carbocycles. The molecule has 1 aliphatic heterocycles. The minimum Gasteiger partial charge on any atom is -0.454 e. The van der Waals surface area contributed by atoms with Crippen LogP contribution in [0.25, 0.3) is 0 Å². The minimum atomic E-state index is 0.360. The van der Waals surface area contributed by atoms with Crippen molar-refractivity contribution in [2.75, 3.05) is 6.79 Å². The van der Waals surface area contributed by atoms with E-state index in [1.54, 1.807) is 6.20 Å². The van der Waals surface area contributed by atoms with Crippen molar-refractivity contribution in [2.24, 2.45) is 0 Å². The van der Waals surface area contributed by atoms with Crippen LogP contribution in [0.3, 0.4) is 0 Å². The summed E-state index contributed by atoms with van der Waals surface area (Å²) in [4.78, 5) is 3.56. The number of oxazole rings is 1. The van der Waals surface area contributed by atoms with Crippen molar-refractivity contribution in [3.05, 3.63) is 43.1 Å². The van der Waals surface area contributed by atoms with Crippen LogP contribution in [-0.2, 0) is 0 Å². The number of benzene rings is 1. The molecule has 1 aromatic heterocycles. The van der Waals surface area contributed by atoms with Crippen LogP contribution in [0.2, 0.25) is 0 Å². The predicted octanol–water partition coefficient (Wildman–Crippen LogP) is 2.09. The van der Waals surface area contributed by atoms with Gasteiger partial charge in [-0.2, -0.15) is 0 Å². The van der Waals surface area contributed by atoms with Gasteiger partial charge in [0.25, 0.3) is 0 Å². The number of ether oxygens (including phenoxy) is 2. The molecule has 0 atom stereocenters. The molecule has 2 aromatic rings. The van der Waals surface area contributed by atoms with Crippen molar-refractivity contribution in [3.63, 3.8) is 0 Å². The zero-order valence-electron chi connectivity index (χ0n) is 7.42. The third kappa shape index (κ3) is 2.04. The van der Waals surface area contributed by atoms with Gasteiger partial charge in [0.1, 0.15) is 6.26 Å². The molecule has 0 N–H and O–H groups in total. The first kappa shape index (κ1) is 8.62. The Labute approximate surface area is 81.1 Å². The number of para-hydroxylation sites is 2. The first-order valence-corrected chi connectivity index (χ1v) is 4.13. The average Bonchev–Trinajstić information content (AvgIpc) is 2.92. The molecule has 1 aliphatic rings. The molecule has 72 valence electrons. The Morgan fingerprint density at radius 3 is 2.21 bits per heavy atom. The van der Waals surface area contributed by atoms with Gasteiger partial charge >= 0.3 is 0 Å². The van der Waals surface area contributed by atoms with Crippen LogP contribution in [-0.4, -0.2) is 11.8 Å². The third-order valence-electron chi connectivity index (χ3n) is 1.63. The maximum Gasteiger partial charge on any atom is 0.231 e. The Kier molecular flexibility index (Phi) is 2.66. The van der Waals surface area contributed by atoms with Crippen LogP contribution in [0.4, 0.5) is 0 Å². The number of hydrogen-bond donors (Lipinski definition) is 0. The van der Waals surface area contributed by atoms with E-state index in [2.05, 4.69) is 9.40 Å². The molecular weight excluding hydrogens is 182 g/mol. The SMILES string of the molecule is c1ccc2c(c1)OCO2.c1cocn1. The second-order valence-electron chi connectivity index (χ2n) is 2.53. The summed E-state index contributed by atoms with van der Waals surface area (Å²) in [5.74, 6) is 1.69. The van der Waals surface area contributed by atoms with Gasteiger partial charge in [0.05, 0.1) is 6.20 Å². The summed E-state index contributed by atoms with van der Waals surface area (Å²) < 4.78 is 14.6. The number of hydrogen-bond acceptors (Lipinski definition) is 4. The first-order valence-electron chi connectivity index (χ1n) is 4.13. The van der Waals surface area contributed by atoms with Gasteiger partial charge in [-0.1, -0.05) is 12.1 Å². The molecule has 0 bridgehead atoms. The van der Waals surface area contributed by atoms with Crippen molar-refractivity contribution >= 4 is 0 Å². The van der Waals surface area contributed by atoms with E-state index in [-0.39, 0.29) is 0 Å². The topological polar surface area (TPSA) is 44.5 Å². The highest BCUT2D eigenvalue weighted by Gasteiger charge is 2.09. The zero-order valence-corrected chi connectivity index (χ0v) is 7.42. The molecule has 14 heavy (non-hydrogen) atoms. The molecule has 0 saturated heterocycles. The van der Waals surface area contributed by atoms with E-state index in [9.17, 15) is 0 Å². The second kappa shape index (κ2) is 4.32. The molecule has 0 fully saturated rings. The summed E-state index contributed by atoms with van der Waals surface area (Å²) >= 11 is 0. The van der Waals surface area contributed by atoms with Crippen LogP contribution >= 0.6 is 0 Å². The molecule has 2 heterocycles. The third-order valence-corrected chi connectivity index (χ3v) is 1.63. The molecule has 3 rings (SSSR count). The van der Waals surface area contributed by atoms with Gasteiger partial charge in [-0.25, -0.2) is 4.98 Å². The fraction of sp³-hybridized carbons (Fsp3) is 0.100. The quantitative estimate of drug-likeness (QED) is 0.639. The molecule has 0 radical (unpaired) electrons. The predicted molar refractivity (Wildman–Crippen MR) is 49.1 cm³/mol. The molecule has 4 heteroatoms. The minimum absolute atomic E-state index is 0.360. The summed E-state index contributed by atoms with van der Waals surface area (Å²) in [6.07, 6.45) is 4.47. The maximum atomic E-state index is 5.08. The molecule has 0 amide bonds. The van der Waals surface area contributed by atoms with Gasteiger partial charge in [-0.3, -0.25) is 0 Å². The fourth-order valence-corrected chi connectivity index (χ4v) is 1.02. The largest absolute Gasteiger partial charge is 0.454 e. The molecule has 1 aromatic carbocycles. The molecular formula is C10H9NO3. The van der Waals surface area contributed by atoms with Crippen molar-refractivity contribution < 1.29 is 13.9 Å². The van der Waals surface area contributed by atoms with E-state index in [0.717, 1.165) is 11.5 Å². The highest BCUT2D eigenvalue weighted by Crippen LogP contribution is 2.30. The number of rotatable bonds is 0. The number of fused-ring (bicyclic) bond motifs is 1. The standard InChI is InChI=1S/C7H6O2.C3H3NO/c1-2-4-7-6(3-1)8-5-9-7;1-2-5-3-4-1/h1-4H,5H2;1-3H. The average molecular weight is 191 g/mol. The molecule has 0 aliphatic carbocycles. The first-order chi connectivity index (χ1) is 6.97. The van der Waals surface area contributed by atoms with Crippen LogP contribution in [0.15, 0.2) is 47.5 Å². The Hall–Kier alpha value is -1.97. The lowest BCUT2D eigenvalue weighted by molar-refractivity contribution is 0.174. The number of nitrogens with zero attached hydrogens (tertiary/aromatic N) is 1. The summed E-state index contributed by atoms with van der Waals surface area (Å²) in [6.45, 7) is 0.360. The Morgan fingerprint density at radius 1 is 1.07 bits per heavy atom. The van der Waals surface area contributed by atoms with Gasteiger partial charge in [0.2, 0.25) is 6.79 Å². The van der Waals surface area contributed by atoms with Crippen LogP contribution in [0.1, 0.15) is 0 Å². The lowest BCUT2D eigenvalue weighted by Gasteiger charge is -1.89. The van der Waals surface area contributed by atoms with Crippen molar-refractivity contribution in [1.29, 1.82) is 0 Å². The maximum absolute atomic E-state index is 5.08. The van der Waals surface area contributed by atoms with Crippen molar-refractivity contribution in [1.82, 2.24) is 4.98 Å². The lowest BCUT2D eigenvalue weighted by Crippen LogP contribution is -1.92. The Balaban J connectivity index is 0.000000128. The Bertz CT molecular complexity index is 332. The normalized spacial score (nSPS) is 11.7. The van der Waals surface area contributed by atoms with E-state index in [0.29, 0.717) is 6.79 Å². The van der Waals surface area contributed by atoms with Crippen LogP contribution in [0.5, 0.6) is 11.5 Å². The van der Waals surface area contributed by atoms with E-state index in [4.69, 9.17) is 9.47 Å². The Morgan fingerprint density at radius 2 is 1.79 bits per heavy atom. The van der Waals surface area contributed by atoms with Gasteiger partial charge in [-0.15, -0.1) is 0 Å². The summed E-state index contributed by atoms with van der Waals surface area (Å²) in [5, 5.41) is 0. The monoisotopic (exact) mass is 191 g/mol. The van der Waals surface area contributed by atoms with Gasteiger partial charge in [0.15, 0.2) is 17.9 Å². The van der Waals surface area contributed by atoms with Crippen molar-refractivity contribution in [3.8, 4) is 11.5 Å². The van der Waals surface area contributed by atoms with Gasteiger partial charge in [0, 0.05) is 0 Å². The van der Waals surface area contributed by atoms with E-state index < -0.39 is 0 Å². The summed E-state index contributed by atoms with van der Waals surface area (Å²) in [7, 11) is 0. The smallest absolute Gasteiger partial charge is 0.231 e. The van der Waals surface area contributed by atoms with E-state index >= 15 is 0 Å². The summed E-state index contributed by atoms with van der Waals surface area (Å²) in [6, 6.07) is 7.63. The molecule has 0 spiro atoms. The van der Waals surface area contributed by atoms with Gasteiger partial charge < -0.3 is 13.9 Å². The van der Waals surface area contributed by atoms with E-state index in [1.165, 1.54) is 12.7 Å². The fourth-order valence-electron chi connectivity index (χ4n) is 1.02. The van der Waals surface area contributed by atoms with E-state index in [1.807, 2.05) is 24.3 Å². The van der Waals surface area contributed by atoms with Crippen LogP contribution in [0, 0.1) is 0 Å². The highest BCUT2D eigenvalue weighted by atomic mass is 16.7. The van der Waals surface area contributed by atoms with Crippen LogP contribution < -0.4 is 9.47 Å². The van der Waals surface area contributed by atoms with Gasteiger partial charge in [-0.05, 0) is 12.1 Å². The highest BCUT2D eigenvalue weighted by molar-refractivity contribution is 5.40. The molecule has 0 unspecified atom stereocenters. The molecule has 4 nitrogen and oxygen atoms in total.